The fourth-order valence-electron chi connectivity index (χ4n) is 4.52. The zero-order valence-corrected chi connectivity index (χ0v) is 23.5. The van der Waals surface area contributed by atoms with E-state index in [4.69, 9.17) is 3.07 Å². The number of hydrogen-bond donors (Lipinski definition) is 0. The first kappa shape index (κ1) is 29.3. The molecule has 0 aliphatic rings. The van der Waals surface area contributed by atoms with Crippen LogP contribution in [0.3, 0.4) is 0 Å². The molecular formula is C26H54O2Sn. The molecule has 0 saturated carbocycles. The molecule has 0 amide bonds. The minimum atomic E-state index is -2.80. The van der Waals surface area contributed by atoms with Crippen LogP contribution >= 0.6 is 0 Å². The van der Waals surface area contributed by atoms with E-state index in [0.717, 1.165) is 0 Å². The monoisotopic (exact) mass is 518 g/mol. The van der Waals surface area contributed by atoms with E-state index in [2.05, 4.69) is 20.8 Å². The molecule has 0 aromatic rings. The van der Waals surface area contributed by atoms with Gasteiger partial charge in [-0.1, -0.05) is 0 Å². The van der Waals surface area contributed by atoms with Crippen molar-refractivity contribution >= 4 is 24.8 Å². The van der Waals surface area contributed by atoms with Crippen molar-refractivity contribution in [1.29, 1.82) is 0 Å². The molecule has 0 heterocycles. The molecule has 0 spiro atoms. The normalized spacial score (nSPS) is 11.7. The van der Waals surface area contributed by atoms with Crippen LogP contribution in [0.2, 0.25) is 13.3 Å². The van der Waals surface area contributed by atoms with Crippen molar-refractivity contribution in [3.05, 3.63) is 0 Å². The van der Waals surface area contributed by atoms with E-state index in [1.165, 1.54) is 129 Å². The van der Waals surface area contributed by atoms with Crippen molar-refractivity contribution < 1.29 is 7.87 Å². The van der Waals surface area contributed by atoms with Crippen molar-refractivity contribution in [1.82, 2.24) is 0 Å². The first-order valence-electron chi connectivity index (χ1n) is 13.3. The second-order valence-electron chi connectivity index (χ2n) is 9.33. The van der Waals surface area contributed by atoms with Crippen molar-refractivity contribution in [2.75, 3.05) is 0 Å². The third-order valence-corrected chi connectivity index (χ3v) is 19.2. The molecule has 0 aromatic carbocycles. The number of hydrogen-bond acceptors (Lipinski definition) is 2. The first-order chi connectivity index (χ1) is 14.1. The Kier molecular flexibility index (Phi) is 21.7. The van der Waals surface area contributed by atoms with Crippen LogP contribution in [-0.4, -0.2) is 24.8 Å². The van der Waals surface area contributed by atoms with Crippen LogP contribution in [0.1, 0.15) is 143 Å². The van der Waals surface area contributed by atoms with Crippen molar-refractivity contribution in [2.45, 2.75) is 157 Å². The number of carbonyl (C=O) groups excluding carboxylic acids is 1. The quantitative estimate of drug-likeness (QED) is 0.106. The van der Waals surface area contributed by atoms with Gasteiger partial charge in [-0.15, -0.1) is 0 Å². The molecule has 0 unspecified atom stereocenters. The van der Waals surface area contributed by atoms with Crippen LogP contribution in [-0.2, 0) is 7.87 Å². The molecule has 3 heteroatoms. The van der Waals surface area contributed by atoms with Crippen molar-refractivity contribution in [2.24, 2.45) is 0 Å². The van der Waals surface area contributed by atoms with Crippen LogP contribution < -0.4 is 0 Å². The van der Waals surface area contributed by atoms with E-state index < -0.39 is 18.8 Å². The van der Waals surface area contributed by atoms with E-state index in [0.29, 0.717) is 0 Å². The molecule has 0 aromatic heterocycles. The minimum absolute atomic E-state index is 0.0174. The van der Waals surface area contributed by atoms with Crippen LogP contribution in [0.5, 0.6) is 0 Å². The number of carbonyl (C=O) groups is 1. The van der Waals surface area contributed by atoms with E-state index in [1.807, 2.05) is 0 Å². The Morgan fingerprint density at radius 3 is 1.07 bits per heavy atom. The van der Waals surface area contributed by atoms with Crippen LogP contribution in [0, 0.1) is 0 Å². The maximum atomic E-state index is 12.0. The molecule has 2 nitrogen and oxygen atoms in total. The summed E-state index contributed by atoms with van der Waals surface area (Å²) in [5.74, 6) is 0.0174. The summed E-state index contributed by atoms with van der Waals surface area (Å²) >= 11 is -2.80. The van der Waals surface area contributed by atoms with Crippen LogP contribution in [0.15, 0.2) is 0 Å². The third kappa shape index (κ3) is 18.7. The van der Waals surface area contributed by atoms with Gasteiger partial charge in [0.05, 0.1) is 0 Å². The van der Waals surface area contributed by atoms with Crippen molar-refractivity contribution in [3.63, 3.8) is 0 Å². The molecule has 0 fully saturated rings. The van der Waals surface area contributed by atoms with E-state index in [1.54, 1.807) is 6.92 Å². The Bertz CT molecular complexity index is 316. The summed E-state index contributed by atoms with van der Waals surface area (Å²) < 4.78 is 10.1. The van der Waals surface area contributed by atoms with Crippen molar-refractivity contribution in [3.8, 4) is 0 Å². The molecule has 0 radical (unpaired) electrons. The standard InChI is InChI=1S/3C8H17.C2H4O2.Sn/c3*1-3-5-7-8-6-4-2;1-2(3)4;/h3*1,3-8H2,2H3;1H3,(H,3,4);/q;;;;+1/p-1. The Labute approximate surface area is 188 Å². The Hall–Kier alpha value is 0.269. The first-order valence-corrected chi connectivity index (χ1v) is 20.5. The number of unbranched alkanes of at least 4 members (excludes halogenated alkanes) is 15. The fourth-order valence-corrected chi connectivity index (χ4v) is 16.9. The zero-order chi connectivity index (χ0) is 21.6. The third-order valence-electron chi connectivity index (χ3n) is 6.32. The van der Waals surface area contributed by atoms with Gasteiger partial charge in [-0.2, -0.15) is 0 Å². The Balaban J connectivity index is 4.59. The molecule has 0 saturated heterocycles. The van der Waals surface area contributed by atoms with Gasteiger partial charge in [-0.05, 0) is 0 Å². The van der Waals surface area contributed by atoms with Gasteiger partial charge >= 0.3 is 189 Å². The van der Waals surface area contributed by atoms with E-state index in [9.17, 15) is 4.79 Å². The second kappa shape index (κ2) is 21.5. The summed E-state index contributed by atoms with van der Waals surface area (Å²) in [7, 11) is 0. The topological polar surface area (TPSA) is 26.3 Å². The second-order valence-corrected chi connectivity index (χ2v) is 20.9. The SMILES string of the molecule is CCCCCCC[CH2][Sn]([CH2]CCCCCCC)([CH2]CCCCCCC)[O]C(C)=O. The van der Waals surface area contributed by atoms with Gasteiger partial charge in [-0.25, -0.2) is 0 Å². The summed E-state index contributed by atoms with van der Waals surface area (Å²) in [5, 5.41) is 0. The summed E-state index contributed by atoms with van der Waals surface area (Å²) in [6, 6.07) is 0. The van der Waals surface area contributed by atoms with E-state index in [-0.39, 0.29) is 5.97 Å². The predicted molar refractivity (Wildman–Crippen MR) is 132 cm³/mol. The molecule has 0 aliphatic carbocycles. The molecule has 0 bridgehead atoms. The molecule has 29 heavy (non-hydrogen) atoms. The van der Waals surface area contributed by atoms with Gasteiger partial charge < -0.3 is 0 Å². The van der Waals surface area contributed by atoms with Crippen LogP contribution in [0.4, 0.5) is 0 Å². The van der Waals surface area contributed by atoms with Gasteiger partial charge in [0.2, 0.25) is 0 Å². The van der Waals surface area contributed by atoms with Gasteiger partial charge in [0.25, 0.3) is 0 Å². The van der Waals surface area contributed by atoms with Gasteiger partial charge in [0.15, 0.2) is 0 Å². The van der Waals surface area contributed by atoms with Gasteiger partial charge in [0, 0.05) is 0 Å². The summed E-state index contributed by atoms with van der Waals surface area (Å²) in [6.45, 7) is 8.50. The molecule has 0 atom stereocenters. The predicted octanol–water partition coefficient (Wildman–Crippen LogP) is 9.58. The average molecular weight is 517 g/mol. The molecule has 0 N–H and O–H groups in total. The Morgan fingerprint density at radius 1 is 0.517 bits per heavy atom. The summed E-state index contributed by atoms with van der Waals surface area (Å²) in [4.78, 5) is 12.0. The average Bonchev–Trinajstić information content (AvgIpc) is 2.69. The maximum absolute atomic E-state index is 12.0. The van der Waals surface area contributed by atoms with Gasteiger partial charge in [0.1, 0.15) is 0 Å². The molecule has 0 aliphatic heterocycles. The summed E-state index contributed by atoms with van der Waals surface area (Å²) in [5.41, 5.74) is 0. The fraction of sp³-hybridized carbons (Fsp3) is 0.962. The van der Waals surface area contributed by atoms with E-state index >= 15 is 0 Å². The molecule has 174 valence electrons. The van der Waals surface area contributed by atoms with Gasteiger partial charge in [-0.3, -0.25) is 0 Å². The van der Waals surface area contributed by atoms with Crippen LogP contribution in [0.25, 0.3) is 0 Å². The number of rotatable bonds is 22. The molecule has 0 rings (SSSR count). The molecular weight excluding hydrogens is 463 g/mol. The summed E-state index contributed by atoms with van der Waals surface area (Å²) in [6.07, 6.45) is 24.2. The Morgan fingerprint density at radius 2 is 0.793 bits per heavy atom. The zero-order valence-electron chi connectivity index (χ0n) is 20.7.